The van der Waals surface area contributed by atoms with Gasteiger partial charge in [0.1, 0.15) is 7.85 Å². The second-order valence-electron chi connectivity index (χ2n) is 19.0. The maximum atomic E-state index is 6.77. The first-order valence-corrected chi connectivity index (χ1v) is 24.2. The summed E-state index contributed by atoms with van der Waals surface area (Å²) in [5.74, 6) is 0. The molecule has 0 heterocycles. The summed E-state index contributed by atoms with van der Waals surface area (Å²) in [6.07, 6.45) is 18.8. The largest absolute Gasteiger partial charge is 0.143 e. The molecule has 11 rings (SSSR count). The number of unbranched alkanes of at least 4 members (excludes halogenated alkanes) is 6. The fourth-order valence-corrected chi connectivity index (χ4v) is 12.6. The van der Waals surface area contributed by atoms with E-state index in [0.29, 0.717) is 0 Å². The van der Waals surface area contributed by atoms with Gasteiger partial charge < -0.3 is 0 Å². The predicted molar refractivity (Wildman–Crippen MR) is 264 cm³/mol. The summed E-state index contributed by atoms with van der Waals surface area (Å²) >= 11 is 5.02. The molecule has 0 unspecified atom stereocenters. The highest BCUT2D eigenvalue weighted by molar-refractivity contribution is 7.80. The van der Waals surface area contributed by atoms with Gasteiger partial charge in [-0.05, 0) is 154 Å². The van der Waals surface area contributed by atoms with Crippen LogP contribution in [0.25, 0.3) is 22.3 Å². The first-order chi connectivity index (χ1) is 30.5. The van der Waals surface area contributed by atoms with E-state index in [0.717, 1.165) is 48.9 Å². The highest BCUT2D eigenvalue weighted by Crippen LogP contribution is 2.57. The summed E-state index contributed by atoms with van der Waals surface area (Å²) in [5, 5.41) is 0. The zero-order valence-electron chi connectivity index (χ0n) is 36.2. The van der Waals surface area contributed by atoms with Crippen molar-refractivity contribution in [3.63, 3.8) is 0 Å². The van der Waals surface area contributed by atoms with Crippen LogP contribution in [0.1, 0.15) is 131 Å². The minimum absolute atomic E-state index is 0.0838. The van der Waals surface area contributed by atoms with Crippen molar-refractivity contribution in [2.75, 3.05) is 0 Å². The Hall–Kier alpha value is -5.05. The Bertz CT molecular complexity index is 2520. The topological polar surface area (TPSA) is 0 Å². The van der Waals surface area contributed by atoms with Gasteiger partial charge in [0.25, 0.3) is 0 Å². The summed E-state index contributed by atoms with van der Waals surface area (Å²) in [7, 11) is 6.77. The van der Waals surface area contributed by atoms with Crippen LogP contribution >= 0.6 is 12.6 Å². The Morgan fingerprint density at radius 2 is 0.774 bits per heavy atom. The van der Waals surface area contributed by atoms with Crippen molar-refractivity contribution in [2.45, 2.75) is 118 Å². The van der Waals surface area contributed by atoms with Gasteiger partial charge in [0.2, 0.25) is 0 Å². The van der Waals surface area contributed by atoms with Crippen LogP contribution in [0, 0.1) is 0 Å². The van der Waals surface area contributed by atoms with Crippen LogP contribution in [-0.4, -0.2) is 7.85 Å². The van der Waals surface area contributed by atoms with Crippen LogP contribution in [0.2, 0.25) is 0 Å². The molecule has 0 nitrogen and oxygen atoms in total. The van der Waals surface area contributed by atoms with Gasteiger partial charge in [-0.2, -0.15) is 0 Å². The van der Waals surface area contributed by atoms with Gasteiger partial charge in [0.15, 0.2) is 0 Å². The molecular formula is C60H57BS. The average molecular weight is 821 g/mol. The molecule has 0 fully saturated rings. The normalized spacial score (nSPS) is 15.4. The Morgan fingerprint density at radius 3 is 1.18 bits per heavy atom. The molecule has 4 aliphatic rings. The molecule has 0 bridgehead atoms. The van der Waals surface area contributed by atoms with Gasteiger partial charge in [-0.25, -0.2) is 0 Å². The second-order valence-corrected chi connectivity index (χ2v) is 19.4. The molecule has 0 aromatic heterocycles. The maximum Gasteiger partial charge on any atom is 0.114 e. The van der Waals surface area contributed by atoms with E-state index in [1.807, 2.05) is 0 Å². The number of benzene rings is 7. The fraction of sp³-hybridized carbons (Fsp3) is 0.300. The van der Waals surface area contributed by atoms with Crippen LogP contribution in [0.5, 0.6) is 0 Å². The lowest BCUT2D eigenvalue weighted by Gasteiger charge is -2.35. The number of fused-ring (bicyclic) bond motifs is 8. The highest BCUT2D eigenvalue weighted by atomic mass is 32.1. The lowest BCUT2D eigenvalue weighted by Crippen LogP contribution is -2.28. The zero-order chi connectivity index (χ0) is 41.7. The molecule has 0 spiro atoms. The monoisotopic (exact) mass is 820 g/mol. The standard InChI is InChI=1S/C60H57BS/c61-57-39-46(18-6-2-4-16-36-60(48-34-32-42-28-30-44(42)38-48)55-25-13-9-21-51(55)52-22-10-14-26-56(52)60)58(62)40-45(57)17-5-1-3-15-35-59(47-33-31-41-27-29-43(41)37-47)53-23-11-7-19-49(53)50-20-8-12-24-54(50)59/h7-14,19-26,31-34,37-40,62H,1-6,15-18,27-30,35-36H2. The molecule has 0 N–H and O–H groups in total. The quantitative estimate of drug-likeness (QED) is 0.0560. The van der Waals surface area contributed by atoms with E-state index in [1.165, 1.54) is 142 Å². The minimum Gasteiger partial charge on any atom is -0.143 e. The Labute approximate surface area is 377 Å². The van der Waals surface area contributed by atoms with Gasteiger partial charge in [0, 0.05) is 15.7 Å². The lowest BCUT2D eigenvalue weighted by atomic mass is 9.68. The molecule has 2 heteroatoms. The van der Waals surface area contributed by atoms with Crippen molar-refractivity contribution in [2.24, 2.45) is 0 Å². The van der Waals surface area contributed by atoms with E-state index in [9.17, 15) is 0 Å². The van der Waals surface area contributed by atoms with Gasteiger partial charge >= 0.3 is 0 Å². The van der Waals surface area contributed by atoms with Crippen LogP contribution in [0.15, 0.2) is 150 Å². The molecule has 7 aromatic rings. The predicted octanol–water partition coefficient (Wildman–Crippen LogP) is 14.0. The second kappa shape index (κ2) is 16.6. The zero-order valence-corrected chi connectivity index (χ0v) is 37.1. The van der Waals surface area contributed by atoms with E-state index in [2.05, 4.69) is 146 Å². The highest BCUT2D eigenvalue weighted by Gasteiger charge is 2.45. The summed E-state index contributed by atoms with van der Waals surface area (Å²) in [5.41, 5.74) is 24.0. The van der Waals surface area contributed by atoms with Crippen LogP contribution in [0.3, 0.4) is 0 Å². The van der Waals surface area contributed by atoms with Crippen LogP contribution in [0.4, 0.5) is 0 Å². The lowest BCUT2D eigenvalue weighted by molar-refractivity contribution is 0.510. The van der Waals surface area contributed by atoms with E-state index in [4.69, 9.17) is 20.5 Å². The average Bonchev–Trinajstić information content (AvgIpc) is 3.73. The molecule has 0 saturated heterocycles. The van der Waals surface area contributed by atoms with Gasteiger partial charge in [-0.3, -0.25) is 0 Å². The molecule has 4 aliphatic carbocycles. The van der Waals surface area contributed by atoms with Crippen molar-refractivity contribution < 1.29 is 0 Å². The smallest absolute Gasteiger partial charge is 0.114 e. The minimum atomic E-state index is -0.0851. The Morgan fingerprint density at radius 1 is 0.387 bits per heavy atom. The number of rotatable bonds is 16. The number of hydrogen-bond acceptors (Lipinski definition) is 1. The van der Waals surface area contributed by atoms with E-state index in [-0.39, 0.29) is 10.8 Å². The van der Waals surface area contributed by atoms with E-state index < -0.39 is 0 Å². The summed E-state index contributed by atoms with van der Waals surface area (Å²) in [6, 6.07) is 56.0. The number of hydrogen-bond donors (Lipinski definition) is 1. The Kier molecular flexibility index (Phi) is 10.6. The van der Waals surface area contributed by atoms with E-state index in [1.54, 1.807) is 11.1 Å². The molecular weight excluding hydrogens is 764 g/mol. The summed E-state index contributed by atoms with van der Waals surface area (Å²) in [6.45, 7) is 0. The van der Waals surface area contributed by atoms with Crippen molar-refractivity contribution in [1.82, 2.24) is 0 Å². The fourth-order valence-electron chi connectivity index (χ4n) is 12.3. The SMILES string of the molecule is [B]c1cc(CCCCCCC2(c3ccc4c(c3)CC4)c3ccccc3-c3ccccc32)c(S)cc1CCCCCCC1(c2ccc3c(c2)CC3)c2ccccc2-c2ccccc21. The van der Waals surface area contributed by atoms with Crippen molar-refractivity contribution in [3.05, 3.63) is 212 Å². The van der Waals surface area contributed by atoms with Crippen molar-refractivity contribution >= 4 is 25.9 Å². The molecule has 0 saturated carbocycles. The molecule has 0 atom stereocenters. The van der Waals surface area contributed by atoms with Gasteiger partial charge in [-0.15, -0.1) is 12.6 Å². The first-order valence-electron chi connectivity index (χ1n) is 23.8. The van der Waals surface area contributed by atoms with Crippen LogP contribution < -0.4 is 5.46 Å². The van der Waals surface area contributed by atoms with E-state index >= 15 is 0 Å². The van der Waals surface area contributed by atoms with Gasteiger partial charge in [0.05, 0.1) is 0 Å². The maximum absolute atomic E-state index is 6.77. The third-order valence-corrected chi connectivity index (χ3v) is 16.1. The molecule has 306 valence electrons. The molecule has 2 radical (unpaired) electrons. The molecule has 7 aromatic carbocycles. The number of thiol groups is 1. The Balaban J connectivity index is 0.698. The summed E-state index contributed by atoms with van der Waals surface area (Å²) in [4.78, 5) is 1.10. The third kappa shape index (κ3) is 6.66. The first kappa shape index (κ1) is 39.8. The van der Waals surface area contributed by atoms with Crippen LogP contribution in [-0.2, 0) is 49.4 Å². The number of aryl methyl sites for hydroxylation is 6. The van der Waals surface area contributed by atoms with Crippen molar-refractivity contribution in [1.29, 1.82) is 0 Å². The molecule has 62 heavy (non-hydrogen) atoms. The third-order valence-electron chi connectivity index (χ3n) is 15.7. The molecule has 0 aliphatic heterocycles. The van der Waals surface area contributed by atoms with Crippen molar-refractivity contribution in [3.8, 4) is 22.3 Å². The van der Waals surface area contributed by atoms with Gasteiger partial charge in [-0.1, -0.05) is 189 Å². The molecule has 0 amide bonds. The summed E-state index contributed by atoms with van der Waals surface area (Å²) < 4.78 is 0.